The van der Waals surface area contributed by atoms with Crippen LogP contribution in [0, 0.1) is 11.6 Å². The van der Waals surface area contributed by atoms with E-state index in [1.54, 1.807) is 4.90 Å². The number of nitrogens with zero attached hydrogens (tertiary/aromatic N) is 2. The third kappa shape index (κ3) is 3.46. The van der Waals surface area contributed by atoms with Crippen molar-refractivity contribution in [3.05, 3.63) is 63.1 Å². The smallest absolute Gasteiger partial charge is 0.275 e. The molecule has 2 aromatic rings. The Morgan fingerprint density at radius 3 is 2.65 bits per heavy atom. The summed E-state index contributed by atoms with van der Waals surface area (Å²) < 4.78 is 33.8. The lowest BCUT2D eigenvalue weighted by Crippen LogP contribution is -2.54. The number of benzene rings is 1. The van der Waals surface area contributed by atoms with E-state index in [1.165, 1.54) is 16.8 Å². The van der Waals surface area contributed by atoms with Crippen LogP contribution < -0.4 is 10.7 Å². The molecule has 31 heavy (non-hydrogen) atoms. The van der Waals surface area contributed by atoms with E-state index in [2.05, 4.69) is 5.32 Å². The second kappa shape index (κ2) is 7.77. The van der Waals surface area contributed by atoms with Crippen molar-refractivity contribution in [2.75, 3.05) is 13.2 Å². The first-order valence-corrected chi connectivity index (χ1v) is 9.81. The first-order chi connectivity index (χ1) is 14.7. The van der Waals surface area contributed by atoms with E-state index >= 15 is 0 Å². The van der Waals surface area contributed by atoms with Crippen molar-refractivity contribution < 1.29 is 28.2 Å². The van der Waals surface area contributed by atoms with Crippen molar-refractivity contribution in [1.29, 1.82) is 0 Å². The number of carbonyl (C=O) groups excluding carboxylic acids is 2. The first kappa shape index (κ1) is 21.0. The fourth-order valence-corrected chi connectivity index (χ4v) is 4.14. The normalized spacial score (nSPS) is 20.0. The highest BCUT2D eigenvalue weighted by Crippen LogP contribution is 2.35. The molecule has 2 atom stereocenters. The predicted octanol–water partition coefficient (Wildman–Crippen LogP) is 1.57. The minimum absolute atomic E-state index is 0.0315. The zero-order valence-electron chi connectivity index (χ0n) is 16.9. The molecule has 0 unspecified atom stereocenters. The van der Waals surface area contributed by atoms with Crippen molar-refractivity contribution in [2.45, 2.75) is 38.5 Å². The van der Waals surface area contributed by atoms with Crippen molar-refractivity contribution in [3.63, 3.8) is 0 Å². The lowest BCUT2D eigenvalue weighted by atomic mass is 10.0. The van der Waals surface area contributed by atoms with Gasteiger partial charge in [0, 0.05) is 30.4 Å². The molecule has 0 bridgehead atoms. The monoisotopic (exact) mass is 433 g/mol. The van der Waals surface area contributed by atoms with Gasteiger partial charge in [-0.05, 0) is 19.9 Å². The molecule has 2 aliphatic heterocycles. The molecular weight excluding hydrogens is 412 g/mol. The molecule has 10 heteroatoms. The molecule has 1 aromatic carbocycles. The molecule has 0 spiro atoms. The molecule has 2 N–H and O–H groups in total. The maximum absolute atomic E-state index is 13.8. The van der Waals surface area contributed by atoms with Crippen LogP contribution >= 0.6 is 0 Å². The summed E-state index contributed by atoms with van der Waals surface area (Å²) in [5.41, 5.74) is -1.55. The number of rotatable bonds is 4. The highest BCUT2D eigenvalue weighted by molar-refractivity contribution is 5.99. The molecule has 0 saturated carbocycles. The van der Waals surface area contributed by atoms with Crippen LogP contribution in [0.2, 0.25) is 0 Å². The molecule has 0 radical (unpaired) electrons. The molecule has 8 nitrogen and oxygen atoms in total. The maximum atomic E-state index is 13.8. The summed E-state index contributed by atoms with van der Waals surface area (Å²) in [6.07, 6.45) is 1.23. The van der Waals surface area contributed by atoms with Gasteiger partial charge in [0.05, 0.1) is 25.3 Å². The number of ether oxygens (including phenoxy) is 1. The van der Waals surface area contributed by atoms with Crippen LogP contribution in [0.3, 0.4) is 0 Å². The van der Waals surface area contributed by atoms with Gasteiger partial charge in [-0.25, -0.2) is 8.78 Å². The summed E-state index contributed by atoms with van der Waals surface area (Å²) in [5.74, 6) is -3.78. The van der Waals surface area contributed by atoms with E-state index < -0.39 is 34.6 Å². The highest BCUT2D eigenvalue weighted by Gasteiger charge is 2.46. The lowest BCUT2D eigenvalue weighted by Gasteiger charge is -2.41. The Kier molecular flexibility index (Phi) is 5.26. The van der Waals surface area contributed by atoms with Gasteiger partial charge in [0.1, 0.15) is 17.2 Å². The molecule has 1 saturated heterocycles. The van der Waals surface area contributed by atoms with Crippen LogP contribution in [0.25, 0.3) is 0 Å². The van der Waals surface area contributed by atoms with Crippen molar-refractivity contribution in [3.8, 4) is 5.75 Å². The van der Waals surface area contributed by atoms with Gasteiger partial charge in [0.25, 0.3) is 11.8 Å². The summed E-state index contributed by atoms with van der Waals surface area (Å²) in [6, 6.07) is 2.07. The number of hydrogen-bond acceptors (Lipinski definition) is 5. The average Bonchev–Trinajstić information content (AvgIpc) is 3.18. The minimum Gasteiger partial charge on any atom is -0.503 e. The Morgan fingerprint density at radius 1 is 1.26 bits per heavy atom. The Labute approximate surface area is 176 Å². The molecule has 0 aliphatic carbocycles. The Bertz CT molecular complexity index is 1130. The van der Waals surface area contributed by atoms with Gasteiger partial charge in [-0.15, -0.1) is 0 Å². The molecule has 2 aliphatic rings. The summed E-state index contributed by atoms with van der Waals surface area (Å²) in [5, 5.41) is 12.9. The fourth-order valence-electron chi connectivity index (χ4n) is 4.14. The molecular formula is C21H21F2N3O5. The van der Waals surface area contributed by atoms with Gasteiger partial charge in [0.15, 0.2) is 11.4 Å². The van der Waals surface area contributed by atoms with Crippen molar-refractivity contribution in [2.24, 2.45) is 0 Å². The molecule has 2 amide bonds. The van der Waals surface area contributed by atoms with Gasteiger partial charge in [-0.2, -0.15) is 0 Å². The quantitative estimate of drug-likeness (QED) is 0.762. The first-order valence-electron chi connectivity index (χ1n) is 9.81. The number of hydrogen-bond donors (Lipinski definition) is 2. The van der Waals surface area contributed by atoms with Crippen molar-refractivity contribution >= 4 is 11.8 Å². The number of halogens is 2. The Hall–Kier alpha value is -3.27. The van der Waals surface area contributed by atoms with Gasteiger partial charge in [0.2, 0.25) is 5.43 Å². The number of aromatic hydroxyl groups is 1. The zero-order valence-corrected chi connectivity index (χ0v) is 16.9. The van der Waals surface area contributed by atoms with E-state index in [-0.39, 0.29) is 48.1 Å². The zero-order chi connectivity index (χ0) is 22.4. The SMILES string of the molecule is CC(C)N1C(=O)c2c(O)c(=O)c(C(=O)NCc3ccc(F)cc3F)cn2[C@@H]2COC[C@@H]21. The summed E-state index contributed by atoms with van der Waals surface area (Å²) >= 11 is 0. The van der Waals surface area contributed by atoms with Crippen LogP contribution in [0.4, 0.5) is 8.78 Å². The van der Waals surface area contributed by atoms with Crippen LogP contribution in [0.1, 0.15) is 46.3 Å². The number of amides is 2. The third-order valence-electron chi connectivity index (χ3n) is 5.64. The largest absolute Gasteiger partial charge is 0.503 e. The molecule has 164 valence electrons. The number of carbonyl (C=O) groups is 2. The van der Waals surface area contributed by atoms with Gasteiger partial charge < -0.3 is 24.6 Å². The van der Waals surface area contributed by atoms with E-state index in [0.717, 1.165) is 6.07 Å². The molecule has 3 heterocycles. The van der Waals surface area contributed by atoms with Gasteiger partial charge >= 0.3 is 0 Å². The van der Waals surface area contributed by atoms with Crippen LogP contribution in [0.5, 0.6) is 5.75 Å². The van der Waals surface area contributed by atoms with Crippen LogP contribution in [0.15, 0.2) is 29.2 Å². The topological polar surface area (TPSA) is 101 Å². The van der Waals surface area contributed by atoms with Gasteiger partial charge in [-0.3, -0.25) is 14.4 Å². The summed E-state index contributed by atoms with van der Waals surface area (Å²) in [4.78, 5) is 39.9. The van der Waals surface area contributed by atoms with Crippen molar-refractivity contribution in [1.82, 2.24) is 14.8 Å². The minimum atomic E-state index is -1.00. The molecule has 1 fully saturated rings. The number of fused-ring (bicyclic) bond motifs is 3. The third-order valence-corrected chi connectivity index (χ3v) is 5.64. The Balaban J connectivity index is 1.69. The van der Waals surface area contributed by atoms with E-state index in [9.17, 15) is 28.3 Å². The summed E-state index contributed by atoms with van der Waals surface area (Å²) in [7, 11) is 0. The molecule has 1 aromatic heterocycles. The summed E-state index contributed by atoms with van der Waals surface area (Å²) in [6.45, 7) is 3.91. The Morgan fingerprint density at radius 2 is 1.97 bits per heavy atom. The van der Waals surface area contributed by atoms with E-state index in [0.29, 0.717) is 12.7 Å². The maximum Gasteiger partial charge on any atom is 0.275 e. The van der Waals surface area contributed by atoms with Crippen LogP contribution in [-0.4, -0.2) is 51.7 Å². The fraction of sp³-hybridized carbons (Fsp3) is 0.381. The second-order valence-corrected chi connectivity index (χ2v) is 7.87. The standard InChI is InChI=1S/C21H21F2N3O5/c1-10(2)26-16-9-31-8-15(16)25-7-13(18(27)19(28)17(25)21(26)30)20(29)24-6-11-3-4-12(22)5-14(11)23/h3-5,7,10,15-16,28H,6,8-9H2,1-2H3,(H,24,29)/t15-,16+/m1/s1. The second-order valence-electron chi connectivity index (χ2n) is 7.87. The number of aromatic nitrogens is 1. The molecule has 4 rings (SSSR count). The highest BCUT2D eigenvalue weighted by atomic mass is 19.1. The van der Waals surface area contributed by atoms with E-state index in [4.69, 9.17) is 4.74 Å². The van der Waals surface area contributed by atoms with Gasteiger partial charge in [-0.1, -0.05) is 6.07 Å². The number of nitrogens with one attached hydrogen (secondary N) is 1. The predicted molar refractivity (Wildman–Crippen MR) is 105 cm³/mol. The lowest BCUT2D eigenvalue weighted by molar-refractivity contribution is 0.0470. The van der Waals surface area contributed by atoms with Crippen LogP contribution in [-0.2, 0) is 11.3 Å². The van der Waals surface area contributed by atoms with E-state index in [1.807, 2.05) is 13.8 Å². The number of pyridine rings is 1. The average molecular weight is 433 g/mol.